The average molecular weight is 271 g/mol. The molecule has 0 amide bonds. The molecule has 98 valence electrons. The van der Waals surface area contributed by atoms with E-state index in [2.05, 4.69) is 47.4 Å². The van der Waals surface area contributed by atoms with Crippen molar-refractivity contribution in [1.29, 1.82) is 0 Å². The van der Waals surface area contributed by atoms with E-state index in [1.165, 1.54) is 11.3 Å². The van der Waals surface area contributed by atoms with Crippen LogP contribution in [-0.4, -0.2) is 19.4 Å². The van der Waals surface area contributed by atoms with Crippen LogP contribution in [0.15, 0.2) is 54.6 Å². The minimum absolute atomic E-state index is 0.346. The van der Waals surface area contributed by atoms with E-state index in [4.69, 9.17) is 4.74 Å². The van der Waals surface area contributed by atoms with Crippen LogP contribution in [0.3, 0.4) is 0 Å². The third-order valence-electron chi connectivity index (χ3n) is 3.38. The van der Waals surface area contributed by atoms with E-state index in [9.17, 15) is 0 Å². The molecule has 0 saturated carbocycles. The second kappa shape index (κ2) is 5.57. The molecule has 3 rings (SSSR count). The van der Waals surface area contributed by atoms with E-state index in [1.54, 1.807) is 7.11 Å². The summed E-state index contributed by atoms with van der Waals surface area (Å²) in [4.78, 5) is 2.45. The first kappa shape index (κ1) is 12.4. The van der Waals surface area contributed by atoms with E-state index in [1.807, 2.05) is 23.9 Å². The summed E-state index contributed by atoms with van der Waals surface area (Å²) in [7, 11) is 1.74. The summed E-state index contributed by atoms with van der Waals surface area (Å²) < 4.78 is 5.50. The molecule has 1 saturated heterocycles. The van der Waals surface area contributed by atoms with Crippen LogP contribution >= 0.6 is 11.8 Å². The van der Waals surface area contributed by atoms with Gasteiger partial charge in [0.25, 0.3) is 0 Å². The third kappa shape index (κ3) is 2.43. The molecule has 0 unspecified atom stereocenters. The second-order valence-corrected chi connectivity index (χ2v) is 5.68. The molecule has 0 bridgehead atoms. The average Bonchev–Trinajstić information content (AvgIpc) is 2.97. The van der Waals surface area contributed by atoms with Gasteiger partial charge in [-0.1, -0.05) is 36.4 Å². The van der Waals surface area contributed by atoms with Gasteiger partial charge in [-0.05, 0) is 18.2 Å². The van der Waals surface area contributed by atoms with Gasteiger partial charge in [0.1, 0.15) is 11.1 Å². The molecule has 19 heavy (non-hydrogen) atoms. The van der Waals surface area contributed by atoms with Crippen molar-refractivity contribution in [2.24, 2.45) is 0 Å². The summed E-state index contributed by atoms with van der Waals surface area (Å²) >= 11 is 1.97. The molecule has 0 aromatic heterocycles. The monoisotopic (exact) mass is 271 g/mol. The predicted octanol–water partition coefficient (Wildman–Crippen LogP) is 3.95. The molecular formula is C16H17NOS. The van der Waals surface area contributed by atoms with Crippen LogP contribution in [0, 0.1) is 0 Å². The quantitative estimate of drug-likeness (QED) is 0.838. The van der Waals surface area contributed by atoms with Gasteiger partial charge in [0.15, 0.2) is 0 Å². The van der Waals surface area contributed by atoms with E-state index in [0.717, 1.165) is 18.0 Å². The van der Waals surface area contributed by atoms with Gasteiger partial charge in [-0.15, -0.1) is 11.8 Å². The maximum Gasteiger partial charge on any atom is 0.125 e. The van der Waals surface area contributed by atoms with Crippen LogP contribution in [0.1, 0.15) is 10.9 Å². The van der Waals surface area contributed by atoms with E-state index in [0.29, 0.717) is 5.37 Å². The lowest BCUT2D eigenvalue weighted by molar-refractivity contribution is 0.409. The fraction of sp³-hybridized carbons (Fsp3) is 0.250. The van der Waals surface area contributed by atoms with Crippen molar-refractivity contribution in [3.63, 3.8) is 0 Å². The Morgan fingerprint density at radius 3 is 2.58 bits per heavy atom. The van der Waals surface area contributed by atoms with Crippen LogP contribution in [0.2, 0.25) is 0 Å². The lowest BCUT2D eigenvalue weighted by atomic mass is 10.1. The Morgan fingerprint density at radius 1 is 1.05 bits per heavy atom. The second-order valence-electron chi connectivity index (χ2n) is 4.49. The van der Waals surface area contributed by atoms with Crippen molar-refractivity contribution < 1.29 is 4.74 Å². The highest BCUT2D eigenvalue weighted by Crippen LogP contribution is 2.43. The first-order valence-corrected chi connectivity index (χ1v) is 7.51. The highest BCUT2D eigenvalue weighted by molar-refractivity contribution is 7.99. The summed E-state index contributed by atoms with van der Waals surface area (Å²) in [6, 6.07) is 18.9. The Balaban J connectivity index is 1.95. The summed E-state index contributed by atoms with van der Waals surface area (Å²) in [5.74, 6) is 2.13. The molecule has 2 aromatic rings. The minimum Gasteiger partial charge on any atom is -0.496 e. The molecule has 1 aliphatic heterocycles. The topological polar surface area (TPSA) is 12.5 Å². The van der Waals surface area contributed by atoms with Crippen LogP contribution in [-0.2, 0) is 0 Å². The normalized spacial score (nSPS) is 18.6. The number of rotatable bonds is 3. The molecule has 0 spiro atoms. The van der Waals surface area contributed by atoms with Crippen molar-refractivity contribution in [2.45, 2.75) is 5.37 Å². The molecule has 0 N–H and O–H groups in total. The standard InChI is InChI=1S/C16H17NOS/c1-18-15-10-6-5-9-14(15)16-17(11-12-19-16)13-7-3-2-4-8-13/h2-10,16H,11-12H2,1H3/t16-/m0/s1. The first-order valence-electron chi connectivity index (χ1n) is 6.46. The summed E-state index contributed by atoms with van der Waals surface area (Å²) in [6.07, 6.45) is 0. The fourth-order valence-corrected chi connectivity index (χ4v) is 3.79. The van der Waals surface area contributed by atoms with Gasteiger partial charge < -0.3 is 9.64 Å². The van der Waals surface area contributed by atoms with Crippen molar-refractivity contribution >= 4 is 17.4 Å². The number of ether oxygens (including phenoxy) is 1. The summed E-state index contributed by atoms with van der Waals surface area (Å²) in [5, 5.41) is 0.346. The molecule has 0 aliphatic carbocycles. The molecular weight excluding hydrogens is 254 g/mol. The first-order chi connectivity index (χ1) is 9.40. The van der Waals surface area contributed by atoms with Gasteiger partial charge in [-0.25, -0.2) is 0 Å². The van der Waals surface area contributed by atoms with Crippen molar-refractivity contribution in [3.8, 4) is 5.75 Å². The van der Waals surface area contributed by atoms with Crippen LogP contribution in [0.5, 0.6) is 5.75 Å². The highest BCUT2D eigenvalue weighted by Gasteiger charge is 2.28. The van der Waals surface area contributed by atoms with Gasteiger partial charge in [0.2, 0.25) is 0 Å². The number of hydrogen-bond donors (Lipinski definition) is 0. The fourth-order valence-electron chi connectivity index (χ4n) is 2.48. The Morgan fingerprint density at radius 2 is 1.79 bits per heavy atom. The van der Waals surface area contributed by atoms with Crippen molar-refractivity contribution in [1.82, 2.24) is 0 Å². The molecule has 0 radical (unpaired) electrons. The van der Waals surface area contributed by atoms with Gasteiger partial charge in [-0.3, -0.25) is 0 Å². The lowest BCUT2D eigenvalue weighted by Gasteiger charge is -2.27. The maximum absolute atomic E-state index is 5.50. The van der Waals surface area contributed by atoms with Gasteiger partial charge in [0, 0.05) is 23.5 Å². The number of anilines is 1. The smallest absolute Gasteiger partial charge is 0.125 e. The molecule has 2 nitrogen and oxygen atoms in total. The van der Waals surface area contributed by atoms with Gasteiger partial charge >= 0.3 is 0 Å². The van der Waals surface area contributed by atoms with E-state index < -0.39 is 0 Å². The third-order valence-corrected chi connectivity index (χ3v) is 4.63. The summed E-state index contributed by atoms with van der Waals surface area (Å²) in [5.41, 5.74) is 2.54. The molecule has 1 aliphatic rings. The highest BCUT2D eigenvalue weighted by atomic mass is 32.2. The largest absolute Gasteiger partial charge is 0.496 e. The van der Waals surface area contributed by atoms with Gasteiger partial charge in [-0.2, -0.15) is 0 Å². The molecule has 1 fully saturated rings. The predicted molar refractivity (Wildman–Crippen MR) is 82.0 cm³/mol. The zero-order chi connectivity index (χ0) is 13.1. The number of methoxy groups -OCH3 is 1. The lowest BCUT2D eigenvalue weighted by Crippen LogP contribution is -2.22. The van der Waals surface area contributed by atoms with Crippen LogP contribution in [0.4, 0.5) is 5.69 Å². The molecule has 1 atom stereocenters. The number of hydrogen-bond acceptors (Lipinski definition) is 3. The Kier molecular flexibility index (Phi) is 3.65. The SMILES string of the molecule is COc1ccccc1[C@@H]1SCCN1c1ccccc1. The zero-order valence-electron chi connectivity index (χ0n) is 11.0. The Labute approximate surface area is 118 Å². The molecule has 3 heteroatoms. The Bertz CT molecular complexity index is 543. The molecule has 2 aromatic carbocycles. The van der Waals surface area contributed by atoms with E-state index >= 15 is 0 Å². The number of nitrogens with zero attached hydrogens (tertiary/aromatic N) is 1. The van der Waals surface area contributed by atoms with Crippen LogP contribution < -0.4 is 9.64 Å². The maximum atomic E-state index is 5.50. The number of thioether (sulfide) groups is 1. The Hall–Kier alpha value is -1.61. The van der Waals surface area contributed by atoms with Crippen molar-refractivity contribution in [2.75, 3.05) is 24.3 Å². The number of para-hydroxylation sites is 2. The van der Waals surface area contributed by atoms with Crippen molar-refractivity contribution in [3.05, 3.63) is 60.2 Å². The van der Waals surface area contributed by atoms with E-state index in [-0.39, 0.29) is 0 Å². The minimum atomic E-state index is 0.346. The molecule has 1 heterocycles. The number of benzene rings is 2. The van der Waals surface area contributed by atoms with Gasteiger partial charge in [0.05, 0.1) is 7.11 Å². The van der Waals surface area contributed by atoms with Crippen LogP contribution in [0.25, 0.3) is 0 Å². The summed E-state index contributed by atoms with van der Waals surface area (Å²) in [6.45, 7) is 1.08. The zero-order valence-corrected chi connectivity index (χ0v) is 11.8.